The number of alkyl halides is 1. The van der Waals surface area contributed by atoms with Crippen molar-refractivity contribution in [3.63, 3.8) is 0 Å². The summed E-state index contributed by atoms with van der Waals surface area (Å²) in [5, 5.41) is 4.00. The molecule has 0 radical (unpaired) electrons. The molecule has 0 saturated heterocycles. The molecule has 0 fully saturated rings. The van der Waals surface area contributed by atoms with Crippen LogP contribution in [-0.2, 0) is 0 Å². The Morgan fingerprint density at radius 3 is 2.45 bits per heavy atom. The number of hydrogen-bond acceptors (Lipinski definition) is 1. The van der Waals surface area contributed by atoms with Crippen LogP contribution in [0.4, 0.5) is 0 Å². The molecule has 0 spiro atoms. The van der Waals surface area contributed by atoms with Gasteiger partial charge in [-0.15, -0.1) is 0 Å². The smallest absolute Gasteiger partial charge is 0.0857 e. The van der Waals surface area contributed by atoms with E-state index in [9.17, 15) is 0 Å². The minimum absolute atomic E-state index is 0.517. The maximum absolute atomic E-state index is 5.95. The SMILES string of the molecule is CCC(C)=[N+]=NC(C)(Cl)CC. The van der Waals surface area contributed by atoms with Crippen LogP contribution in [0.25, 0.3) is 0 Å². The quantitative estimate of drug-likeness (QED) is 0.207. The normalized spacial score (nSPS) is 15.0. The van der Waals surface area contributed by atoms with Crippen molar-refractivity contribution in [1.82, 2.24) is 0 Å². The summed E-state index contributed by atoms with van der Waals surface area (Å²) in [6.45, 7) is 7.85. The second kappa shape index (κ2) is 4.53. The lowest BCUT2D eigenvalue weighted by atomic mass is 10.3. The zero-order valence-electron chi connectivity index (χ0n) is 7.69. The molecule has 0 aliphatic rings. The first-order chi connectivity index (χ1) is 5.02. The molecule has 0 heterocycles. The summed E-state index contributed by atoms with van der Waals surface area (Å²) in [5.74, 6) is 0. The van der Waals surface area contributed by atoms with Crippen molar-refractivity contribution < 1.29 is 4.79 Å². The molecule has 0 aromatic rings. The highest BCUT2D eigenvalue weighted by atomic mass is 35.5. The van der Waals surface area contributed by atoms with Gasteiger partial charge in [0, 0.05) is 18.1 Å². The highest BCUT2D eigenvalue weighted by Gasteiger charge is 2.22. The van der Waals surface area contributed by atoms with E-state index >= 15 is 0 Å². The minimum Gasteiger partial charge on any atom is -0.0857 e. The van der Waals surface area contributed by atoms with Crippen molar-refractivity contribution in [3.8, 4) is 0 Å². The van der Waals surface area contributed by atoms with E-state index in [1.807, 2.05) is 27.7 Å². The molecule has 11 heavy (non-hydrogen) atoms. The molecular weight excluding hydrogens is 160 g/mol. The Hall–Kier alpha value is -0.330. The maximum atomic E-state index is 5.95. The average molecular weight is 176 g/mol. The maximum Gasteiger partial charge on any atom is 0.315 e. The fraction of sp³-hybridized carbons (Fsp3) is 0.875. The Morgan fingerprint density at radius 2 is 2.09 bits per heavy atom. The van der Waals surface area contributed by atoms with Gasteiger partial charge >= 0.3 is 5.71 Å². The van der Waals surface area contributed by atoms with Gasteiger partial charge in [-0.3, -0.25) is 0 Å². The predicted octanol–water partition coefficient (Wildman–Crippen LogP) is 2.88. The average Bonchev–Trinajstić information content (AvgIpc) is 2.00. The van der Waals surface area contributed by atoms with Crippen LogP contribution in [0.3, 0.4) is 0 Å². The largest absolute Gasteiger partial charge is 0.315 e. The lowest BCUT2D eigenvalue weighted by Gasteiger charge is -2.02. The van der Waals surface area contributed by atoms with Crippen molar-refractivity contribution in [2.45, 2.75) is 45.5 Å². The van der Waals surface area contributed by atoms with E-state index in [2.05, 4.69) is 9.90 Å². The number of rotatable bonds is 3. The first-order valence-electron chi connectivity index (χ1n) is 3.96. The summed E-state index contributed by atoms with van der Waals surface area (Å²) >= 11 is 5.95. The molecule has 0 aliphatic carbocycles. The summed E-state index contributed by atoms with van der Waals surface area (Å²) in [6, 6.07) is 0. The summed E-state index contributed by atoms with van der Waals surface area (Å²) in [7, 11) is 0. The molecule has 64 valence electrons. The molecule has 0 N–H and O–H groups in total. The third-order valence-electron chi connectivity index (χ3n) is 1.59. The van der Waals surface area contributed by atoms with Gasteiger partial charge in [0.25, 0.3) is 0 Å². The fourth-order valence-electron chi connectivity index (χ4n) is 0.331. The Balaban J connectivity index is 4.32. The first kappa shape index (κ1) is 10.7. The molecule has 0 aliphatic heterocycles. The van der Waals surface area contributed by atoms with E-state index in [1.54, 1.807) is 0 Å². The summed E-state index contributed by atoms with van der Waals surface area (Å²) in [6.07, 6.45) is 1.73. The minimum atomic E-state index is -0.517. The van der Waals surface area contributed by atoms with Gasteiger partial charge in [-0.25, -0.2) is 0 Å². The van der Waals surface area contributed by atoms with Gasteiger partial charge in [0.15, 0.2) is 0 Å². The Kier molecular flexibility index (Phi) is 4.39. The molecule has 0 aromatic carbocycles. The van der Waals surface area contributed by atoms with E-state index in [0.717, 1.165) is 18.6 Å². The van der Waals surface area contributed by atoms with Gasteiger partial charge in [-0.1, -0.05) is 25.4 Å². The number of nitrogens with zero attached hydrogens (tertiary/aromatic N) is 2. The first-order valence-corrected chi connectivity index (χ1v) is 4.34. The van der Waals surface area contributed by atoms with Crippen LogP contribution in [0.5, 0.6) is 0 Å². The fourth-order valence-corrected chi connectivity index (χ4v) is 0.369. The molecule has 2 nitrogen and oxygen atoms in total. The summed E-state index contributed by atoms with van der Waals surface area (Å²) in [5.41, 5.74) is 1.02. The Bertz CT molecular complexity index is 179. The molecule has 1 unspecified atom stereocenters. The Labute approximate surface area is 73.4 Å². The van der Waals surface area contributed by atoms with Crippen molar-refractivity contribution in [3.05, 3.63) is 0 Å². The van der Waals surface area contributed by atoms with Gasteiger partial charge in [0.05, 0.1) is 0 Å². The molecule has 0 amide bonds. The van der Waals surface area contributed by atoms with Gasteiger partial charge in [-0.2, -0.15) is 0 Å². The van der Waals surface area contributed by atoms with Gasteiger partial charge in [-0.05, 0) is 13.3 Å². The zero-order chi connectivity index (χ0) is 8.91. The third kappa shape index (κ3) is 5.00. The van der Waals surface area contributed by atoms with Crippen LogP contribution < -0.4 is 0 Å². The number of halogens is 1. The van der Waals surface area contributed by atoms with E-state index in [-0.39, 0.29) is 0 Å². The molecule has 0 rings (SSSR count). The van der Waals surface area contributed by atoms with Crippen LogP contribution in [0.2, 0.25) is 0 Å². The lowest BCUT2D eigenvalue weighted by molar-refractivity contribution is -0.107. The highest BCUT2D eigenvalue weighted by Crippen LogP contribution is 2.18. The van der Waals surface area contributed by atoms with Gasteiger partial charge in [0.2, 0.25) is 5.00 Å². The summed E-state index contributed by atoms with van der Waals surface area (Å²) < 4.78 is 0. The predicted molar refractivity (Wildman–Crippen MR) is 48.2 cm³/mol. The lowest BCUT2D eigenvalue weighted by Crippen LogP contribution is -2.10. The van der Waals surface area contributed by atoms with Crippen LogP contribution in [-0.4, -0.2) is 15.5 Å². The third-order valence-corrected chi connectivity index (χ3v) is 1.93. The van der Waals surface area contributed by atoms with Crippen LogP contribution in [0.1, 0.15) is 40.5 Å². The van der Waals surface area contributed by atoms with Crippen molar-refractivity contribution in [1.29, 1.82) is 0 Å². The molecule has 0 aromatic heterocycles. The van der Waals surface area contributed by atoms with Crippen LogP contribution in [0, 0.1) is 0 Å². The topological polar surface area (TPSA) is 26.5 Å². The van der Waals surface area contributed by atoms with E-state index in [4.69, 9.17) is 11.6 Å². The zero-order valence-corrected chi connectivity index (χ0v) is 8.44. The monoisotopic (exact) mass is 175 g/mol. The van der Waals surface area contributed by atoms with Gasteiger partial charge in [0.1, 0.15) is 5.11 Å². The van der Waals surface area contributed by atoms with Crippen LogP contribution in [0.15, 0.2) is 5.11 Å². The highest BCUT2D eigenvalue weighted by molar-refractivity contribution is 6.23. The van der Waals surface area contributed by atoms with E-state index in [0.29, 0.717) is 0 Å². The molecule has 0 saturated carbocycles. The van der Waals surface area contributed by atoms with Crippen molar-refractivity contribution in [2.75, 3.05) is 0 Å². The molecule has 3 heteroatoms. The standard InChI is InChI=1S/C8H16ClN2/c1-5-7(3)10-11-8(4,9)6-2/h5-6H2,1-4H3/q+1. The van der Waals surface area contributed by atoms with Crippen molar-refractivity contribution >= 4 is 17.3 Å². The molecular formula is C8H16ClN2+. The van der Waals surface area contributed by atoms with E-state index < -0.39 is 5.00 Å². The van der Waals surface area contributed by atoms with Crippen molar-refractivity contribution in [2.24, 2.45) is 5.11 Å². The Morgan fingerprint density at radius 1 is 1.55 bits per heavy atom. The van der Waals surface area contributed by atoms with Crippen LogP contribution >= 0.6 is 11.6 Å². The number of hydrogen-bond donors (Lipinski definition) is 0. The molecule has 0 bridgehead atoms. The van der Waals surface area contributed by atoms with Gasteiger partial charge < -0.3 is 0 Å². The second-order valence-electron chi connectivity index (χ2n) is 2.78. The van der Waals surface area contributed by atoms with E-state index in [1.165, 1.54) is 0 Å². The molecule has 1 atom stereocenters. The summed E-state index contributed by atoms with van der Waals surface area (Å²) in [4.78, 5) is 3.48. The second-order valence-corrected chi connectivity index (χ2v) is 3.60.